The number of nitrogens with zero attached hydrogens (tertiary/aromatic N) is 1. The number of aryl methyl sites for hydroxylation is 1. The Morgan fingerprint density at radius 1 is 0.925 bits per heavy atom. The molecule has 220 valence electrons. The average molecular weight is 571 g/mol. The molecule has 2 amide bonds. The van der Waals surface area contributed by atoms with Crippen molar-refractivity contribution in [2.75, 3.05) is 18.0 Å². The average Bonchev–Trinajstić information content (AvgIpc) is 2.86. The summed E-state index contributed by atoms with van der Waals surface area (Å²) in [5.74, 6) is -0.989. The molecule has 2 aromatic carbocycles. The predicted molar refractivity (Wildman–Crippen MR) is 161 cm³/mol. The maximum Gasteiger partial charge on any atom is 0.407 e. The summed E-state index contributed by atoms with van der Waals surface area (Å²) in [5, 5.41) is 2.52. The van der Waals surface area contributed by atoms with Crippen LogP contribution in [0.4, 0.5) is 10.5 Å². The summed E-state index contributed by atoms with van der Waals surface area (Å²) in [6, 6.07) is 16.8. The van der Waals surface area contributed by atoms with Gasteiger partial charge in [0.2, 0.25) is 5.91 Å². The lowest BCUT2D eigenvalue weighted by atomic mass is 9.85. The van der Waals surface area contributed by atoms with Gasteiger partial charge in [-0.25, -0.2) is 4.79 Å². The molecular formula is C31H46N2O6Si. The standard InChI is InChI=1S/C31H46N2O6Si/c1-30(2,3)26(39-40(7)8)19-18-24-16-12-13-17-25(24)33(21-28(35)38-31(4,5)6)27(34)20-32-29(36)37-22-23-14-10-9-11-15-23/h9-17,26,40H,18-22H2,1-8H3,(H,32,36). The van der Waals surface area contributed by atoms with E-state index >= 15 is 0 Å². The Kier molecular flexibility index (Phi) is 12.4. The summed E-state index contributed by atoms with van der Waals surface area (Å²) >= 11 is 0. The fraction of sp³-hybridized carbons (Fsp3) is 0.516. The molecule has 0 spiro atoms. The lowest BCUT2D eigenvalue weighted by Gasteiger charge is -2.33. The van der Waals surface area contributed by atoms with Crippen molar-refractivity contribution in [1.82, 2.24) is 5.32 Å². The maximum absolute atomic E-state index is 13.4. The third-order valence-corrected chi connectivity index (χ3v) is 6.84. The van der Waals surface area contributed by atoms with Gasteiger partial charge in [0.15, 0.2) is 9.04 Å². The summed E-state index contributed by atoms with van der Waals surface area (Å²) in [6.45, 7) is 15.6. The first-order valence-corrected chi connectivity index (χ1v) is 16.6. The number of para-hydroxylation sites is 1. The van der Waals surface area contributed by atoms with Gasteiger partial charge in [0.1, 0.15) is 25.3 Å². The van der Waals surface area contributed by atoms with Crippen LogP contribution in [0.15, 0.2) is 54.6 Å². The number of ether oxygens (including phenoxy) is 2. The monoisotopic (exact) mass is 570 g/mol. The number of rotatable bonds is 12. The van der Waals surface area contributed by atoms with Gasteiger partial charge in [-0.1, -0.05) is 69.3 Å². The van der Waals surface area contributed by atoms with Crippen LogP contribution in [0, 0.1) is 5.41 Å². The molecule has 0 saturated heterocycles. The number of hydrogen-bond acceptors (Lipinski definition) is 6. The Balaban J connectivity index is 2.21. The fourth-order valence-electron chi connectivity index (χ4n) is 4.13. The van der Waals surface area contributed by atoms with Crippen LogP contribution in [0.5, 0.6) is 0 Å². The van der Waals surface area contributed by atoms with E-state index in [0.29, 0.717) is 12.1 Å². The van der Waals surface area contributed by atoms with Crippen LogP contribution in [-0.2, 0) is 36.5 Å². The molecule has 0 fully saturated rings. The molecule has 1 unspecified atom stereocenters. The zero-order chi connectivity index (χ0) is 29.9. The Morgan fingerprint density at radius 3 is 2.15 bits per heavy atom. The number of benzene rings is 2. The van der Waals surface area contributed by atoms with E-state index in [1.54, 1.807) is 20.8 Å². The number of anilines is 1. The highest BCUT2D eigenvalue weighted by atomic mass is 28.3. The smallest absolute Gasteiger partial charge is 0.407 e. The molecule has 0 bridgehead atoms. The summed E-state index contributed by atoms with van der Waals surface area (Å²) in [6.07, 6.45) is 0.766. The highest BCUT2D eigenvalue weighted by molar-refractivity contribution is 6.48. The van der Waals surface area contributed by atoms with Crippen LogP contribution in [0.1, 0.15) is 59.1 Å². The van der Waals surface area contributed by atoms with Crippen molar-refractivity contribution in [3.63, 3.8) is 0 Å². The van der Waals surface area contributed by atoms with E-state index < -0.39 is 32.6 Å². The van der Waals surface area contributed by atoms with Gasteiger partial charge in [-0.3, -0.25) is 14.5 Å². The molecule has 0 radical (unpaired) electrons. The third kappa shape index (κ3) is 11.9. The van der Waals surface area contributed by atoms with E-state index in [1.165, 1.54) is 4.90 Å². The quantitative estimate of drug-likeness (QED) is 0.262. The van der Waals surface area contributed by atoms with Gasteiger partial charge in [-0.2, -0.15) is 0 Å². The molecule has 0 heterocycles. The summed E-state index contributed by atoms with van der Waals surface area (Å²) in [7, 11) is -1.27. The molecule has 0 aromatic heterocycles. The van der Waals surface area contributed by atoms with Crippen LogP contribution in [0.2, 0.25) is 13.1 Å². The first-order valence-electron chi connectivity index (χ1n) is 13.9. The zero-order valence-electron chi connectivity index (χ0n) is 25.3. The zero-order valence-corrected chi connectivity index (χ0v) is 26.4. The highest BCUT2D eigenvalue weighted by Crippen LogP contribution is 2.29. The van der Waals surface area contributed by atoms with Gasteiger partial charge in [-0.15, -0.1) is 0 Å². The SMILES string of the molecule is C[SiH](C)OC(CCc1ccccc1N(CC(=O)OC(C)(C)C)C(=O)CNC(=O)OCc1ccccc1)C(C)(C)C. The number of carbonyl (C=O) groups is 3. The second-order valence-corrected chi connectivity index (χ2v) is 14.6. The minimum atomic E-state index is -1.27. The van der Waals surface area contributed by atoms with Crippen molar-refractivity contribution in [2.45, 2.75) is 85.8 Å². The van der Waals surface area contributed by atoms with Crippen molar-refractivity contribution >= 4 is 32.7 Å². The molecule has 40 heavy (non-hydrogen) atoms. The predicted octanol–water partition coefficient (Wildman–Crippen LogP) is 5.64. The molecule has 0 aliphatic rings. The van der Waals surface area contributed by atoms with E-state index in [2.05, 4.69) is 39.2 Å². The second-order valence-electron chi connectivity index (χ2n) is 12.2. The van der Waals surface area contributed by atoms with E-state index in [-0.39, 0.29) is 31.2 Å². The van der Waals surface area contributed by atoms with Gasteiger partial charge in [0, 0.05) is 11.8 Å². The van der Waals surface area contributed by atoms with Crippen LogP contribution >= 0.6 is 0 Å². The van der Waals surface area contributed by atoms with Crippen molar-refractivity contribution < 1.29 is 28.3 Å². The summed E-state index contributed by atoms with van der Waals surface area (Å²) < 4.78 is 17.1. The summed E-state index contributed by atoms with van der Waals surface area (Å²) in [5.41, 5.74) is 1.61. The molecular weight excluding hydrogens is 524 g/mol. The van der Waals surface area contributed by atoms with Crippen molar-refractivity contribution in [2.24, 2.45) is 5.41 Å². The molecule has 1 atom stereocenters. The van der Waals surface area contributed by atoms with Gasteiger partial charge >= 0.3 is 12.1 Å². The fourth-order valence-corrected chi connectivity index (χ4v) is 5.34. The van der Waals surface area contributed by atoms with Gasteiger partial charge < -0.3 is 19.2 Å². The van der Waals surface area contributed by atoms with E-state index in [0.717, 1.165) is 17.5 Å². The van der Waals surface area contributed by atoms with Gasteiger partial charge in [0.25, 0.3) is 0 Å². The topological polar surface area (TPSA) is 94.2 Å². The summed E-state index contributed by atoms with van der Waals surface area (Å²) in [4.78, 5) is 40.0. The van der Waals surface area contributed by atoms with Crippen molar-refractivity contribution in [1.29, 1.82) is 0 Å². The first-order chi connectivity index (χ1) is 18.7. The number of nitrogens with one attached hydrogen (secondary N) is 1. The minimum absolute atomic E-state index is 0.0394. The molecule has 2 aromatic rings. The molecule has 0 saturated carbocycles. The van der Waals surface area contributed by atoms with E-state index in [4.69, 9.17) is 13.9 Å². The van der Waals surface area contributed by atoms with E-state index in [1.807, 2.05) is 54.6 Å². The van der Waals surface area contributed by atoms with Crippen LogP contribution in [-0.4, -0.2) is 51.8 Å². The minimum Gasteiger partial charge on any atom is -0.459 e. The number of hydrogen-bond donors (Lipinski definition) is 1. The number of carbonyl (C=O) groups excluding carboxylic acids is 3. The largest absolute Gasteiger partial charge is 0.459 e. The van der Waals surface area contributed by atoms with Crippen molar-refractivity contribution in [3.8, 4) is 0 Å². The third-order valence-electron chi connectivity index (χ3n) is 5.97. The molecule has 8 nitrogen and oxygen atoms in total. The first kappa shape index (κ1) is 33.0. The Labute approximate surface area is 241 Å². The molecule has 0 aliphatic heterocycles. The lowest BCUT2D eigenvalue weighted by molar-refractivity contribution is -0.153. The molecule has 1 N–H and O–H groups in total. The van der Waals surface area contributed by atoms with Gasteiger partial charge in [-0.05, 0) is 69.3 Å². The van der Waals surface area contributed by atoms with Gasteiger partial charge in [0.05, 0.1) is 0 Å². The molecule has 0 aliphatic carbocycles. The molecule has 9 heteroatoms. The van der Waals surface area contributed by atoms with Crippen molar-refractivity contribution in [3.05, 3.63) is 65.7 Å². The molecule has 2 rings (SSSR count). The lowest BCUT2D eigenvalue weighted by Crippen LogP contribution is -2.44. The van der Waals surface area contributed by atoms with E-state index in [9.17, 15) is 14.4 Å². The van der Waals surface area contributed by atoms with Crippen LogP contribution < -0.4 is 10.2 Å². The Bertz CT molecular complexity index is 1110. The van der Waals surface area contributed by atoms with Crippen LogP contribution in [0.3, 0.4) is 0 Å². The van der Waals surface area contributed by atoms with Crippen LogP contribution in [0.25, 0.3) is 0 Å². The number of esters is 1. The Morgan fingerprint density at radius 2 is 1.55 bits per heavy atom. The Hall–Kier alpha value is -3.17. The normalized spacial score (nSPS) is 12.5. The highest BCUT2D eigenvalue weighted by Gasteiger charge is 2.28. The number of amides is 2. The maximum atomic E-state index is 13.4. The number of alkyl carbamates (subject to hydrolysis) is 1. The second kappa shape index (κ2) is 15.0.